The Kier molecular flexibility index (Phi) is 9.25. The van der Waals surface area contributed by atoms with Gasteiger partial charge in [0.2, 0.25) is 0 Å². The van der Waals surface area contributed by atoms with Crippen LogP contribution in [0, 0.1) is 0 Å². The predicted molar refractivity (Wildman–Crippen MR) is 75.4 cm³/mol. The second-order valence-electron chi connectivity index (χ2n) is 3.97. The zero-order valence-electron chi connectivity index (χ0n) is 11.0. The quantitative estimate of drug-likeness (QED) is 0.577. The Morgan fingerprint density at radius 3 is 2.65 bits per heavy atom. The van der Waals surface area contributed by atoms with Crippen molar-refractivity contribution in [2.45, 2.75) is 32.7 Å². The van der Waals surface area contributed by atoms with E-state index in [1.54, 1.807) is 7.05 Å². The smallest absolute Gasteiger partial charge is 0.279 e. The molecule has 1 unspecified atom stereocenters. The molecule has 5 nitrogen and oxygen atoms in total. The molecule has 3 N–H and O–H groups in total. The van der Waals surface area contributed by atoms with E-state index in [1.165, 1.54) is 4.31 Å². The summed E-state index contributed by atoms with van der Waals surface area (Å²) in [6.07, 6.45) is 1.53. The van der Waals surface area contributed by atoms with Crippen LogP contribution in [0.5, 0.6) is 0 Å². The first kappa shape index (κ1) is 17.2. The molecule has 0 rings (SSSR count). The van der Waals surface area contributed by atoms with Gasteiger partial charge in [0.25, 0.3) is 10.2 Å². The Labute approximate surface area is 110 Å². The Morgan fingerprint density at radius 1 is 1.47 bits per heavy atom. The van der Waals surface area contributed by atoms with Crippen molar-refractivity contribution >= 4 is 22.0 Å². The van der Waals surface area contributed by atoms with E-state index >= 15 is 0 Å². The summed E-state index contributed by atoms with van der Waals surface area (Å²) in [5.41, 5.74) is 5.36. The highest BCUT2D eigenvalue weighted by Gasteiger charge is 2.19. The SMILES string of the molecule is CCSCCC(C)NS(=O)(=O)N(C)CCCN. The molecule has 0 fully saturated rings. The lowest BCUT2D eigenvalue weighted by Gasteiger charge is -2.20. The number of hydrogen-bond acceptors (Lipinski definition) is 4. The van der Waals surface area contributed by atoms with E-state index in [-0.39, 0.29) is 6.04 Å². The van der Waals surface area contributed by atoms with Crippen molar-refractivity contribution in [3.8, 4) is 0 Å². The van der Waals surface area contributed by atoms with Crippen LogP contribution in [-0.4, -0.2) is 50.4 Å². The van der Waals surface area contributed by atoms with E-state index in [4.69, 9.17) is 5.73 Å². The minimum Gasteiger partial charge on any atom is -0.330 e. The summed E-state index contributed by atoms with van der Waals surface area (Å²) in [5, 5.41) is 0. The fourth-order valence-electron chi connectivity index (χ4n) is 1.24. The van der Waals surface area contributed by atoms with Crippen LogP contribution in [0.3, 0.4) is 0 Å². The van der Waals surface area contributed by atoms with Crippen molar-refractivity contribution in [3.05, 3.63) is 0 Å². The third-order valence-electron chi connectivity index (χ3n) is 2.34. The first-order valence-corrected chi connectivity index (χ1v) is 8.55. The van der Waals surface area contributed by atoms with Gasteiger partial charge in [-0.2, -0.15) is 29.2 Å². The highest BCUT2D eigenvalue weighted by atomic mass is 32.2. The van der Waals surface area contributed by atoms with Crippen LogP contribution < -0.4 is 10.5 Å². The van der Waals surface area contributed by atoms with Crippen molar-refractivity contribution in [2.75, 3.05) is 31.6 Å². The van der Waals surface area contributed by atoms with Gasteiger partial charge in [0.05, 0.1) is 0 Å². The molecule has 17 heavy (non-hydrogen) atoms. The number of thioether (sulfide) groups is 1. The molecule has 0 aliphatic carbocycles. The van der Waals surface area contributed by atoms with Crippen molar-refractivity contribution < 1.29 is 8.42 Å². The van der Waals surface area contributed by atoms with E-state index < -0.39 is 10.2 Å². The molecule has 0 radical (unpaired) electrons. The van der Waals surface area contributed by atoms with Crippen molar-refractivity contribution in [2.24, 2.45) is 5.73 Å². The molecule has 0 spiro atoms. The topological polar surface area (TPSA) is 75.4 Å². The summed E-state index contributed by atoms with van der Waals surface area (Å²) in [7, 11) is -1.78. The standard InChI is InChI=1S/C10H25N3O2S2/c1-4-16-9-6-10(2)12-17(14,15)13(3)8-5-7-11/h10,12H,4-9,11H2,1-3H3. The summed E-state index contributed by atoms with van der Waals surface area (Å²) in [6.45, 7) is 4.95. The normalized spacial score (nSPS) is 14.2. The fraction of sp³-hybridized carbons (Fsp3) is 1.00. The molecule has 0 heterocycles. The summed E-state index contributed by atoms with van der Waals surface area (Å²) in [6, 6.07) is -0.0284. The van der Waals surface area contributed by atoms with Gasteiger partial charge in [-0.3, -0.25) is 0 Å². The fourth-order valence-corrected chi connectivity index (χ4v) is 3.23. The maximum atomic E-state index is 11.8. The van der Waals surface area contributed by atoms with Crippen molar-refractivity contribution in [3.63, 3.8) is 0 Å². The molecule has 0 aromatic heterocycles. The predicted octanol–water partition coefficient (Wildman–Crippen LogP) is 0.633. The Bertz CT molecular complexity index is 283. The molecule has 0 saturated carbocycles. The lowest BCUT2D eigenvalue weighted by molar-refractivity contribution is 0.443. The summed E-state index contributed by atoms with van der Waals surface area (Å²) < 4.78 is 27.7. The van der Waals surface area contributed by atoms with E-state index in [1.807, 2.05) is 18.7 Å². The number of nitrogens with zero attached hydrogens (tertiary/aromatic N) is 1. The largest absolute Gasteiger partial charge is 0.330 e. The summed E-state index contributed by atoms with van der Waals surface area (Å²) in [5.74, 6) is 2.04. The molecule has 0 aromatic carbocycles. The van der Waals surface area contributed by atoms with Crippen LogP contribution in [0.15, 0.2) is 0 Å². The van der Waals surface area contributed by atoms with Gasteiger partial charge in [-0.05, 0) is 37.8 Å². The second-order valence-corrected chi connectivity index (χ2v) is 7.18. The molecular weight excluding hydrogens is 258 g/mol. The molecule has 0 saturated heterocycles. The Balaban J connectivity index is 4.05. The number of hydrogen-bond donors (Lipinski definition) is 2. The lowest BCUT2D eigenvalue weighted by Crippen LogP contribution is -2.43. The van der Waals surface area contributed by atoms with Gasteiger partial charge < -0.3 is 5.73 Å². The third-order valence-corrected chi connectivity index (χ3v) is 4.97. The van der Waals surface area contributed by atoms with Crippen molar-refractivity contribution in [1.29, 1.82) is 0 Å². The van der Waals surface area contributed by atoms with Gasteiger partial charge in [-0.25, -0.2) is 0 Å². The average molecular weight is 283 g/mol. The molecule has 0 aliphatic heterocycles. The Hall–Kier alpha value is 0.180. The third kappa shape index (κ3) is 7.99. The van der Waals surface area contributed by atoms with Crippen LogP contribution in [0.4, 0.5) is 0 Å². The molecule has 104 valence electrons. The first-order chi connectivity index (χ1) is 7.94. The van der Waals surface area contributed by atoms with E-state index in [2.05, 4.69) is 11.6 Å². The maximum absolute atomic E-state index is 11.8. The zero-order valence-corrected chi connectivity index (χ0v) is 12.6. The van der Waals surface area contributed by atoms with Crippen LogP contribution in [0.2, 0.25) is 0 Å². The first-order valence-electron chi connectivity index (χ1n) is 5.95. The molecule has 1 atom stereocenters. The molecule has 0 aromatic rings. The highest BCUT2D eigenvalue weighted by molar-refractivity contribution is 7.99. The molecule has 0 aliphatic rings. The van der Waals surface area contributed by atoms with Gasteiger partial charge in [0.1, 0.15) is 0 Å². The monoisotopic (exact) mass is 283 g/mol. The number of nitrogens with two attached hydrogens (primary N) is 1. The van der Waals surface area contributed by atoms with Crippen LogP contribution in [-0.2, 0) is 10.2 Å². The van der Waals surface area contributed by atoms with Crippen LogP contribution in [0.1, 0.15) is 26.7 Å². The molecule has 0 bridgehead atoms. The summed E-state index contributed by atoms with van der Waals surface area (Å²) in [4.78, 5) is 0. The minimum atomic E-state index is -3.35. The van der Waals surface area contributed by atoms with Gasteiger partial charge in [-0.1, -0.05) is 6.92 Å². The highest BCUT2D eigenvalue weighted by Crippen LogP contribution is 2.05. The zero-order chi connectivity index (χ0) is 13.3. The van der Waals surface area contributed by atoms with Crippen molar-refractivity contribution in [1.82, 2.24) is 9.03 Å². The van der Waals surface area contributed by atoms with E-state index in [0.29, 0.717) is 19.5 Å². The van der Waals surface area contributed by atoms with Gasteiger partial charge in [0.15, 0.2) is 0 Å². The molecule has 7 heteroatoms. The van der Waals surface area contributed by atoms with Gasteiger partial charge >= 0.3 is 0 Å². The summed E-state index contributed by atoms with van der Waals surface area (Å²) >= 11 is 1.82. The van der Waals surface area contributed by atoms with E-state index in [0.717, 1.165) is 17.9 Å². The lowest BCUT2D eigenvalue weighted by atomic mass is 10.3. The van der Waals surface area contributed by atoms with Gasteiger partial charge in [0, 0.05) is 19.6 Å². The van der Waals surface area contributed by atoms with E-state index in [9.17, 15) is 8.42 Å². The maximum Gasteiger partial charge on any atom is 0.279 e. The Morgan fingerprint density at radius 2 is 2.12 bits per heavy atom. The van der Waals surface area contributed by atoms with Crippen LogP contribution >= 0.6 is 11.8 Å². The number of nitrogens with one attached hydrogen (secondary N) is 1. The molecular formula is C10H25N3O2S2. The van der Waals surface area contributed by atoms with Gasteiger partial charge in [-0.15, -0.1) is 0 Å². The van der Waals surface area contributed by atoms with Crippen LogP contribution in [0.25, 0.3) is 0 Å². The molecule has 0 amide bonds. The number of rotatable bonds is 10. The minimum absolute atomic E-state index is 0.0284. The second kappa shape index (κ2) is 9.16. The average Bonchev–Trinajstić information content (AvgIpc) is 2.25.